The van der Waals surface area contributed by atoms with Gasteiger partial charge in [0.25, 0.3) is 5.91 Å². The quantitative estimate of drug-likeness (QED) is 0.764. The number of aromatic nitrogens is 1. The Kier molecular flexibility index (Phi) is 6.59. The molecule has 0 aliphatic carbocycles. The molecule has 134 valence electrons. The molecule has 0 saturated heterocycles. The minimum absolute atomic E-state index is 0.131. The van der Waals surface area contributed by atoms with Gasteiger partial charge in [0.2, 0.25) is 0 Å². The number of likely N-dealkylation sites (N-methyl/N-ethyl adjacent to an activating group) is 1. The van der Waals surface area contributed by atoms with Crippen molar-refractivity contribution in [1.82, 2.24) is 15.2 Å². The summed E-state index contributed by atoms with van der Waals surface area (Å²) < 4.78 is 10.5. The smallest absolute Gasteiger partial charge is 0.251 e. The van der Waals surface area contributed by atoms with Crippen molar-refractivity contribution in [1.29, 1.82) is 0 Å². The van der Waals surface area contributed by atoms with E-state index in [1.165, 1.54) is 0 Å². The molecule has 2 N–H and O–H groups in total. The lowest BCUT2D eigenvalue weighted by atomic mass is 10.2. The number of carbonyl (C=O) groups excluding carboxylic acids is 1. The van der Waals surface area contributed by atoms with Gasteiger partial charge in [0.1, 0.15) is 17.3 Å². The van der Waals surface area contributed by atoms with Crippen LogP contribution in [0.4, 0.5) is 11.5 Å². The lowest BCUT2D eigenvalue weighted by Gasteiger charge is -2.13. The van der Waals surface area contributed by atoms with Gasteiger partial charge in [-0.1, -0.05) is 0 Å². The van der Waals surface area contributed by atoms with Gasteiger partial charge in [-0.05, 0) is 38.4 Å². The summed E-state index contributed by atoms with van der Waals surface area (Å²) in [6.45, 7) is 1.37. The number of nitrogens with one attached hydrogen (secondary N) is 2. The molecule has 0 saturated carbocycles. The minimum atomic E-state index is -0.131. The molecule has 0 radical (unpaired) electrons. The number of carbonyl (C=O) groups is 1. The van der Waals surface area contributed by atoms with Crippen LogP contribution in [0.15, 0.2) is 36.5 Å². The topological polar surface area (TPSA) is 75.7 Å². The zero-order chi connectivity index (χ0) is 18.2. The number of anilines is 2. The maximum atomic E-state index is 12.2. The minimum Gasteiger partial charge on any atom is -0.497 e. The molecule has 1 aromatic carbocycles. The maximum Gasteiger partial charge on any atom is 0.251 e. The van der Waals surface area contributed by atoms with E-state index in [9.17, 15) is 4.79 Å². The fourth-order valence-corrected chi connectivity index (χ4v) is 2.18. The fourth-order valence-electron chi connectivity index (χ4n) is 2.18. The highest BCUT2D eigenvalue weighted by Crippen LogP contribution is 2.31. The molecule has 2 aromatic rings. The van der Waals surface area contributed by atoms with Gasteiger partial charge < -0.3 is 25.0 Å². The Morgan fingerprint density at radius 1 is 1.16 bits per heavy atom. The summed E-state index contributed by atoms with van der Waals surface area (Å²) >= 11 is 0. The number of rotatable bonds is 8. The van der Waals surface area contributed by atoms with E-state index < -0.39 is 0 Å². The van der Waals surface area contributed by atoms with E-state index in [1.54, 1.807) is 38.6 Å². The first-order valence-corrected chi connectivity index (χ1v) is 7.91. The van der Waals surface area contributed by atoms with E-state index in [-0.39, 0.29) is 5.91 Å². The molecule has 0 aliphatic rings. The Bertz CT molecular complexity index is 719. The lowest BCUT2D eigenvalue weighted by molar-refractivity contribution is 0.0951. The second-order valence-electron chi connectivity index (χ2n) is 5.68. The van der Waals surface area contributed by atoms with Crippen LogP contribution in [-0.4, -0.2) is 57.2 Å². The molecule has 25 heavy (non-hydrogen) atoms. The van der Waals surface area contributed by atoms with Crippen LogP contribution in [0, 0.1) is 0 Å². The molecule has 1 aromatic heterocycles. The third-order valence-corrected chi connectivity index (χ3v) is 3.54. The molecule has 0 atom stereocenters. The Balaban J connectivity index is 2.10. The Labute approximate surface area is 148 Å². The second kappa shape index (κ2) is 8.89. The highest BCUT2D eigenvalue weighted by atomic mass is 16.5. The fraction of sp³-hybridized carbons (Fsp3) is 0.333. The highest BCUT2D eigenvalue weighted by molar-refractivity contribution is 5.94. The SMILES string of the molecule is COc1ccc(Nc2cc(C(=O)NCCN(C)C)ccn2)c(OC)c1. The Morgan fingerprint density at radius 3 is 2.64 bits per heavy atom. The molecule has 0 unspecified atom stereocenters. The number of nitrogens with zero attached hydrogens (tertiary/aromatic N) is 2. The van der Waals surface area contributed by atoms with E-state index in [1.807, 2.05) is 31.1 Å². The first-order valence-electron chi connectivity index (χ1n) is 7.91. The average molecular weight is 344 g/mol. The number of benzene rings is 1. The predicted octanol–water partition coefficient (Wildman–Crippen LogP) is 2.13. The van der Waals surface area contributed by atoms with Gasteiger partial charge in [0.05, 0.1) is 19.9 Å². The predicted molar refractivity (Wildman–Crippen MR) is 98.0 cm³/mol. The van der Waals surface area contributed by atoms with Crippen LogP contribution < -0.4 is 20.1 Å². The summed E-state index contributed by atoms with van der Waals surface area (Å²) in [6.07, 6.45) is 1.60. The first kappa shape index (κ1) is 18.5. The van der Waals surface area contributed by atoms with Gasteiger partial charge in [-0.2, -0.15) is 0 Å². The van der Waals surface area contributed by atoms with Crippen LogP contribution in [0.1, 0.15) is 10.4 Å². The summed E-state index contributed by atoms with van der Waals surface area (Å²) in [4.78, 5) is 18.5. The van der Waals surface area contributed by atoms with Crippen LogP contribution in [0.3, 0.4) is 0 Å². The van der Waals surface area contributed by atoms with Gasteiger partial charge in [0.15, 0.2) is 0 Å². The second-order valence-corrected chi connectivity index (χ2v) is 5.68. The molecular weight excluding hydrogens is 320 g/mol. The van der Waals surface area contributed by atoms with E-state index in [4.69, 9.17) is 9.47 Å². The molecule has 0 spiro atoms. The summed E-state index contributed by atoms with van der Waals surface area (Å²) in [5, 5.41) is 6.05. The number of pyridine rings is 1. The van der Waals surface area contributed by atoms with Crippen molar-refractivity contribution in [3.63, 3.8) is 0 Å². The van der Waals surface area contributed by atoms with Gasteiger partial charge in [-0.25, -0.2) is 4.98 Å². The normalized spacial score (nSPS) is 10.4. The summed E-state index contributed by atoms with van der Waals surface area (Å²) in [7, 11) is 7.11. The van der Waals surface area contributed by atoms with Gasteiger partial charge in [-0.15, -0.1) is 0 Å². The lowest BCUT2D eigenvalue weighted by Crippen LogP contribution is -2.31. The summed E-state index contributed by atoms with van der Waals surface area (Å²) in [6, 6.07) is 8.82. The third kappa shape index (κ3) is 5.36. The molecule has 7 nitrogen and oxygen atoms in total. The number of hydrogen-bond donors (Lipinski definition) is 2. The molecule has 0 bridgehead atoms. The van der Waals surface area contributed by atoms with Gasteiger partial charge >= 0.3 is 0 Å². The number of amides is 1. The van der Waals surface area contributed by atoms with Gasteiger partial charge in [-0.3, -0.25) is 4.79 Å². The molecule has 1 amide bonds. The van der Waals surface area contributed by atoms with E-state index in [0.717, 1.165) is 12.2 Å². The van der Waals surface area contributed by atoms with E-state index in [2.05, 4.69) is 15.6 Å². The van der Waals surface area contributed by atoms with Crippen molar-refractivity contribution < 1.29 is 14.3 Å². The van der Waals surface area contributed by atoms with Crippen molar-refractivity contribution >= 4 is 17.4 Å². The van der Waals surface area contributed by atoms with Crippen molar-refractivity contribution in [3.8, 4) is 11.5 Å². The standard InChI is InChI=1S/C18H24N4O3/c1-22(2)10-9-20-18(23)13-7-8-19-17(11-13)21-15-6-5-14(24-3)12-16(15)25-4/h5-8,11-12H,9-10H2,1-4H3,(H,19,21)(H,20,23). The monoisotopic (exact) mass is 344 g/mol. The largest absolute Gasteiger partial charge is 0.497 e. The molecular formula is C18H24N4O3. The van der Waals surface area contributed by atoms with Crippen LogP contribution >= 0.6 is 0 Å². The number of methoxy groups -OCH3 is 2. The van der Waals surface area contributed by atoms with Crippen molar-refractivity contribution in [2.45, 2.75) is 0 Å². The zero-order valence-corrected chi connectivity index (χ0v) is 15.0. The van der Waals surface area contributed by atoms with Gasteiger partial charge in [0, 0.05) is 30.9 Å². The number of ether oxygens (including phenoxy) is 2. The van der Waals surface area contributed by atoms with Crippen LogP contribution in [-0.2, 0) is 0 Å². The third-order valence-electron chi connectivity index (χ3n) is 3.54. The molecule has 2 rings (SSSR count). The molecule has 7 heteroatoms. The van der Waals surface area contributed by atoms with Crippen molar-refractivity contribution in [2.75, 3.05) is 46.7 Å². The maximum absolute atomic E-state index is 12.2. The molecule has 0 aliphatic heterocycles. The Hall–Kier alpha value is -2.80. The first-order chi connectivity index (χ1) is 12.0. The zero-order valence-electron chi connectivity index (χ0n) is 15.0. The highest BCUT2D eigenvalue weighted by Gasteiger charge is 2.09. The number of hydrogen-bond acceptors (Lipinski definition) is 6. The van der Waals surface area contributed by atoms with E-state index >= 15 is 0 Å². The van der Waals surface area contributed by atoms with Crippen LogP contribution in [0.2, 0.25) is 0 Å². The molecule has 1 heterocycles. The average Bonchev–Trinajstić information content (AvgIpc) is 2.62. The van der Waals surface area contributed by atoms with Crippen molar-refractivity contribution in [3.05, 3.63) is 42.1 Å². The van der Waals surface area contributed by atoms with Crippen molar-refractivity contribution in [2.24, 2.45) is 0 Å². The Morgan fingerprint density at radius 2 is 1.96 bits per heavy atom. The molecule has 0 fully saturated rings. The summed E-state index contributed by atoms with van der Waals surface area (Å²) in [5.74, 6) is 1.75. The van der Waals surface area contributed by atoms with E-state index in [0.29, 0.717) is 29.4 Å². The van der Waals surface area contributed by atoms with Crippen LogP contribution in [0.5, 0.6) is 11.5 Å². The van der Waals surface area contributed by atoms with Crippen LogP contribution in [0.25, 0.3) is 0 Å². The summed E-state index contributed by atoms with van der Waals surface area (Å²) in [5.41, 5.74) is 1.28.